The average molecular weight is 1710 g/mol. The molecule has 4 aromatic carbocycles. The van der Waals surface area contributed by atoms with E-state index in [0.717, 1.165) is 115 Å². The number of hydrogen-bond acceptors (Lipinski definition) is 15. The zero-order chi connectivity index (χ0) is 78.2. The van der Waals surface area contributed by atoms with Gasteiger partial charge in [0.2, 0.25) is 39.5 Å². The SMILES string of the molecule is C.C.C#Cc1ccccc1C(C)C(N)=O.Cc1cnc(Cc2cnn(C)c2)nc1CCc1ccccc1C(C)C(N)=O.Cc1cnc(Cl)nc1C#Cc1ccccc1C(C)C(N)=O.Cc1cnc(Cl)nc1CCc1ccccc1C(C)C(N)=O.Cc1cnc(Cl)nc1Cl.Cn1cc(N)cn1.[H-].[K+].[K][K].[K][K].[K][K]. The van der Waals surface area contributed by atoms with Gasteiger partial charge in [-0.05, 0) is 184 Å². The van der Waals surface area contributed by atoms with Crippen molar-refractivity contribution in [2.45, 2.75) is 126 Å². The molecule has 6 aromatic heterocycles. The van der Waals surface area contributed by atoms with Crippen molar-refractivity contribution >= 4 is 265 Å². The number of nitrogens with zero attached hydrogens (tertiary/aromatic N) is 12. The maximum absolute atomic E-state index is 11.6. The molecule has 0 aliphatic rings. The number of nitrogen functional groups attached to an aromatic ring is 1. The Morgan fingerprint density at radius 3 is 1.26 bits per heavy atom. The number of nitrogens with two attached hydrogens (primary N) is 5. The Labute approximate surface area is 831 Å². The first kappa shape index (κ1) is 110. The van der Waals surface area contributed by atoms with Crippen LogP contribution < -0.4 is 80.1 Å². The fourth-order valence-electron chi connectivity index (χ4n) is 9.31. The zero-order valence-corrected chi connectivity index (χ0v) is 88.1. The standard InChI is InChI=1S/C21H25N5O.C16H18ClN3O.C16H14ClN3O.C11H11NO.C5H4Cl2N2.C4H7N3.2CH4.7K.H/c1-14-11-23-20(10-16-12-24-26(3)13-16)25-19(14)9-8-17-6-4-5-7-18(17)15(2)21(22)27;2*1-10-9-19-16(17)20-14(10)8-7-12-5-3-4-6-13(12)11(2)15(18)21;1-3-9-6-4-5-7-10(9)8(2)11(12)13;1-3-2-8-5(7)9-4(3)6;1-7-3-4(5)2-6-7;;;;;;;;;;/h4-7,11-13,15H,8-10H2,1-3H3,(H2,22,27);3-6,9,11H,7-8H2,1-2H3,(H2,18,21);3-6,9,11H,1-2H3,(H2,18,21);1,4-8H,2H3,(H2,12,13);2H,1H3;2-3H,5H2,1H3;2*1H4;;;;;;;;/q;;;;;;;;;;;;;;+1;-1. The molecule has 0 radical (unpaired) electrons. The molecule has 107 heavy (non-hydrogen) atoms. The number of primary amides is 4. The van der Waals surface area contributed by atoms with Crippen molar-refractivity contribution in [3.63, 3.8) is 0 Å². The Kier molecular flexibility index (Phi) is 64.0. The first-order valence-corrected chi connectivity index (χ1v) is 83.2. The minimum absolute atomic E-state index is 0. The molecule has 10 aromatic rings. The van der Waals surface area contributed by atoms with Gasteiger partial charge in [0.05, 0.1) is 41.8 Å². The predicted octanol–water partition coefficient (Wildman–Crippen LogP) is 7.18. The first-order valence-electron chi connectivity index (χ1n) is 33.7. The summed E-state index contributed by atoms with van der Waals surface area (Å²) in [7, 11) is 3.73. The Balaban J connectivity index is -0.00000125. The van der Waals surface area contributed by atoms with Crippen molar-refractivity contribution < 1.29 is 72.0 Å². The molecular weight excluding hydrogens is 1620 g/mol. The number of amides is 4. The van der Waals surface area contributed by atoms with Gasteiger partial charge in [0, 0.05) is 91.3 Å². The van der Waals surface area contributed by atoms with Gasteiger partial charge >= 0.3 is 241 Å². The van der Waals surface area contributed by atoms with E-state index in [1.165, 1.54) is 189 Å². The molecule has 4 unspecified atom stereocenters. The fraction of sp³-hybridized carbons (Fsp3) is 0.280. The average Bonchev–Trinajstić information content (AvgIpc) is 1.38. The zero-order valence-electron chi connectivity index (χ0n) is 64.2. The van der Waals surface area contributed by atoms with Crippen molar-refractivity contribution in [1.82, 2.24) is 59.4 Å². The molecule has 6 heterocycles. The maximum atomic E-state index is 11.6. The van der Waals surface area contributed by atoms with Gasteiger partial charge < -0.3 is 30.1 Å². The number of benzene rings is 4. The van der Waals surface area contributed by atoms with E-state index in [1.54, 1.807) is 60.3 Å². The number of rotatable bonds is 16. The summed E-state index contributed by atoms with van der Waals surface area (Å²) < 4.78 is 3.44. The van der Waals surface area contributed by atoms with Crippen LogP contribution in [0.25, 0.3) is 0 Å². The summed E-state index contributed by atoms with van der Waals surface area (Å²) in [6, 6.07) is 30.5. The fourth-order valence-corrected chi connectivity index (χ4v) is 9.90. The van der Waals surface area contributed by atoms with Crippen LogP contribution in [-0.4, -0.2) is 273 Å². The van der Waals surface area contributed by atoms with Crippen molar-refractivity contribution in [3.8, 4) is 24.2 Å². The van der Waals surface area contributed by atoms with Crippen LogP contribution in [0.1, 0.15) is 163 Å². The summed E-state index contributed by atoms with van der Waals surface area (Å²) in [5.74, 6) is 6.63. The van der Waals surface area contributed by atoms with Gasteiger partial charge in [0.25, 0.3) is 0 Å². The number of hydrogen-bond donors (Lipinski definition) is 5. The molecule has 32 heteroatoms. The molecule has 0 aliphatic carbocycles. The van der Waals surface area contributed by atoms with Crippen molar-refractivity contribution in [2.24, 2.45) is 37.0 Å². The third-order valence-corrected chi connectivity index (χ3v) is 16.1. The monoisotopic (exact) mass is 1700 g/mol. The van der Waals surface area contributed by atoms with E-state index in [9.17, 15) is 19.2 Å². The number of terminal acetylenes is 1. The van der Waals surface area contributed by atoms with Gasteiger partial charge in [-0.3, -0.25) is 28.5 Å². The van der Waals surface area contributed by atoms with Crippen LogP contribution >= 0.6 is 46.4 Å². The third-order valence-electron chi connectivity index (χ3n) is 15.2. The number of aryl methyl sites for hydroxylation is 10. The molecule has 0 aliphatic heterocycles. The Morgan fingerprint density at radius 1 is 0.477 bits per heavy atom. The van der Waals surface area contributed by atoms with Gasteiger partial charge in [0.15, 0.2) is 0 Å². The molecule has 10 N–H and O–H groups in total. The Bertz CT molecular complexity index is 4490. The number of halogens is 4. The van der Waals surface area contributed by atoms with Gasteiger partial charge in [-0.1, -0.05) is 123 Å². The van der Waals surface area contributed by atoms with Crippen LogP contribution in [0.5, 0.6) is 0 Å². The Morgan fingerprint density at radius 2 is 0.850 bits per heavy atom. The first-order chi connectivity index (χ1) is 49.6. The molecule has 0 bridgehead atoms. The molecule has 0 saturated carbocycles. The topological polar surface area (TPSA) is 337 Å². The van der Waals surface area contributed by atoms with Crippen LogP contribution in [0, 0.1) is 51.9 Å². The molecule has 10 rings (SSSR count). The van der Waals surface area contributed by atoms with Crippen LogP contribution in [0.15, 0.2) is 147 Å². The predicted molar refractivity (Wildman–Crippen MR) is 435 cm³/mol. The van der Waals surface area contributed by atoms with Crippen molar-refractivity contribution in [1.29, 1.82) is 0 Å². The molecule has 21 nitrogen and oxygen atoms in total. The summed E-state index contributed by atoms with van der Waals surface area (Å²) in [5.41, 5.74) is 42.1. The summed E-state index contributed by atoms with van der Waals surface area (Å²) in [6.45, 7) is 14.9. The quantitative estimate of drug-likeness (QED) is 0.0277. The molecule has 0 spiro atoms. The van der Waals surface area contributed by atoms with E-state index in [0.29, 0.717) is 23.0 Å². The van der Waals surface area contributed by atoms with E-state index in [4.69, 9.17) is 86.5 Å². The summed E-state index contributed by atoms with van der Waals surface area (Å²) in [5, 5.41) is 9.01. The number of carbonyl (C=O) groups excluding carboxylic acids is 4. The van der Waals surface area contributed by atoms with Gasteiger partial charge in [0.1, 0.15) is 16.7 Å². The molecule has 4 amide bonds. The third kappa shape index (κ3) is 41.8. The summed E-state index contributed by atoms with van der Waals surface area (Å²) in [6.07, 6.45) is 23.1. The van der Waals surface area contributed by atoms with E-state index in [-0.39, 0.29) is 125 Å². The molecule has 0 saturated heterocycles. The number of aromatic nitrogens is 12. The van der Waals surface area contributed by atoms with Crippen LogP contribution in [0.2, 0.25) is 21.0 Å². The van der Waals surface area contributed by atoms with E-state index in [1.807, 2.05) is 159 Å². The van der Waals surface area contributed by atoms with E-state index >= 15 is 0 Å². The van der Waals surface area contributed by atoms with Gasteiger partial charge in [-0.2, -0.15) is 10.2 Å². The van der Waals surface area contributed by atoms with Crippen LogP contribution in [0.3, 0.4) is 0 Å². The second-order valence-corrected chi connectivity index (χ2v) is 23.9. The van der Waals surface area contributed by atoms with E-state index in [2.05, 4.69) is 68.9 Å². The second kappa shape index (κ2) is 62.3. The summed E-state index contributed by atoms with van der Waals surface area (Å²) >= 11 is 30.1. The number of anilines is 1. The minimum atomic E-state index is -0.398. The van der Waals surface area contributed by atoms with E-state index < -0.39 is 5.92 Å². The van der Waals surface area contributed by atoms with Crippen molar-refractivity contribution in [2.75, 3.05) is 5.73 Å². The molecule has 0 fully saturated rings. The molecule has 532 valence electrons. The molecular formula is C75H88Cl4K7N17O4. The van der Waals surface area contributed by atoms with Crippen molar-refractivity contribution in [3.05, 3.63) is 263 Å². The summed E-state index contributed by atoms with van der Waals surface area (Å²) in [4.78, 5) is 78.1. The van der Waals surface area contributed by atoms with Crippen LogP contribution in [-0.2, 0) is 65.4 Å². The van der Waals surface area contributed by atoms with Gasteiger partial charge in [-0.15, -0.1) is 6.42 Å². The number of carbonyl (C=O) groups is 4. The molecule has 4 atom stereocenters. The van der Waals surface area contributed by atoms with Crippen LogP contribution in [0.4, 0.5) is 5.69 Å². The van der Waals surface area contributed by atoms with Gasteiger partial charge in [-0.25, -0.2) is 39.9 Å². The second-order valence-electron chi connectivity index (χ2n) is 22.6. The Hall–Kier alpha value is 1.03. The normalized spacial score (nSPS) is 10.7.